The van der Waals surface area contributed by atoms with Crippen LogP contribution in [0.25, 0.3) is 0 Å². The summed E-state index contributed by atoms with van der Waals surface area (Å²) in [5.74, 6) is 2.64. The number of carbonyl (C=O) groups excluding carboxylic acids is 1. The number of aliphatic hydroxyl groups excluding tert-OH is 1. The van der Waals surface area contributed by atoms with Crippen LogP contribution in [0.3, 0.4) is 0 Å². The second-order valence-corrected chi connectivity index (χ2v) is 7.67. The van der Waals surface area contributed by atoms with Crippen molar-refractivity contribution in [2.75, 3.05) is 50.1 Å². The van der Waals surface area contributed by atoms with E-state index in [0.717, 1.165) is 30.5 Å². The van der Waals surface area contributed by atoms with Crippen LogP contribution in [0, 0.1) is 11.8 Å². The Labute approximate surface area is 155 Å². The number of amides is 1. The number of nitrogens with one attached hydrogen (secondary N) is 1. The lowest BCUT2D eigenvalue weighted by Crippen LogP contribution is -2.48. The Morgan fingerprint density at radius 3 is 2.81 bits per heavy atom. The van der Waals surface area contributed by atoms with Crippen molar-refractivity contribution in [3.8, 4) is 0 Å². The Morgan fingerprint density at radius 2 is 2.08 bits per heavy atom. The third-order valence-corrected chi connectivity index (χ3v) is 5.66. The van der Waals surface area contributed by atoms with E-state index in [9.17, 15) is 9.90 Å². The Balaban J connectivity index is 1.53. The molecule has 1 aliphatic heterocycles. The van der Waals surface area contributed by atoms with Gasteiger partial charge in [0, 0.05) is 39.4 Å². The topological polar surface area (TPSA) is 81.6 Å². The van der Waals surface area contributed by atoms with Crippen molar-refractivity contribution in [3.63, 3.8) is 0 Å². The van der Waals surface area contributed by atoms with Gasteiger partial charge in [0.15, 0.2) is 0 Å². The van der Waals surface area contributed by atoms with Gasteiger partial charge in [0.05, 0.1) is 6.54 Å². The molecule has 0 spiro atoms. The fourth-order valence-electron chi connectivity index (χ4n) is 3.94. The van der Waals surface area contributed by atoms with E-state index in [-0.39, 0.29) is 18.4 Å². The number of carbonyl (C=O) groups is 1. The molecule has 7 nitrogen and oxygen atoms in total. The van der Waals surface area contributed by atoms with Crippen LogP contribution in [-0.2, 0) is 4.79 Å². The fraction of sp³-hybridized carbons (Fsp3) is 0.737. The molecule has 1 aliphatic carbocycles. The van der Waals surface area contributed by atoms with Crippen LogP contribution >= 0.6 is 0 Å². The van der Waals surface area contributed by atoms with E-state index in [4.69, 9.17) is 0 Å². The summed E-state index contributed by atoms with van der Waals surface area (Å²) in [4.78, 5) is 24.2. The zero-order chi connectivity index (χ0) is 18.4. The lowest BCUT2D eigenvalue weighted by atomic mass is 9.83. The van der Waals surface area contributed by atoms with E-state index in [2.05, 4.69) is 15.3 Å². The minimum Gasteiger partial charge on any atom is -0.396 e. The van der Waals surface area contributed by atoms with Crippen molar-refractivity contribution < 1.29 is 9.90 Å². The Bertz CT molecular complexity index is 591. The maximum Gasteiger partial charge on any atom is 0.241 e. The first-order chi connectivity index (χ1) is 12.7. The number of piperazine rings is 1. The molecule has 0 bridgehead atoms. The summed E-state index contributed by atoms with van der Waals surface area (Å²) in [6.07, 6.45) is 9.22. The van der Waals surface area contributed by atoms with Gasteiger partial charge >= 0.3 is 0 Å². The van der Waals surface area contributed by atoms with Crippen LogP contribution in [-0.4, -0.2) is 65.7 Å². The van der Waals surface area contributed by atoms with Crippen LogP contribution in [0.2, 0.25) is 0 Å². The van der Waals surface area contributed by atoms with E-state index in [1.165, 1.54) is 38.4 Å². The van der Waals surface area contributed by atoms with Crippen molar-refractivity contribution in [1.29, 1.82) is 0 Å². The molecule has 0 aromatic carbocycles. The van der Waals surface area contributed by atoms with Crippen LogP contribution in [0.1, 0.15) is 38.5 Å². The summed E-state index contributed by atoms with van der Waals surface area (Å²) in [5.41, 5.74) is 0. The third-order valence-electron chi connectivity index (χ3n) is 5.66. The van der Waals surface area contributed by atoms with E-state index < -0.39 is 0 Å². The van der Waals surface area contributed by atoms with Crippen molar-refractivity contribution in [2.24, 2.45) is 11.8 Å². The minimum absolute atomic E-state index is 0.109. The lowest BCUT2D eigenvalue weighted by molar-refractivity contribution is -0.129. The molecule has 3 rings (SSSR count). The molecule has 1 saturated heterocycles. The molecule has 1 atom stereocenters. The summed E-state index contributed by atoms with van der Waals surface area (Å²) in [6.45, 7) is 2.76. The molecule has 2 N–H and O–H groups in total. The van der Waals surface area contributed by atoms with Crippen LogP contribution in [0.5, 0.6) is 0 Å². The summed E-state index contributed by atoms with van der Waals surface area (Å²) in [6, 6.07) is 1.90. The second kappa shape index (κ2) is 9.16. The largest absolute Gasteiger partial charge is 0.396 e. The van der Waals surface area contributed by atoms with Gasteiger partial charge in [-0.15, -0.1) is 0 Å². The van der Waals surface area contributed by atoms with Crippen LogP contribution in [0.4, 0.5) is 11.6 Å². The van der Waals surface area contributed by atoms with E-state index >= 15 is 0 Å². The highest BCUT2D eigenvalue weighted by Gasteiger charge is 2.22. The number of nitrogens with zero attached hydrogens (tertiary/aromatic N) is 4. The SMILES string of the molecule is CN1CCN(c2cc(NCC(CO)CC3CCCCC3)ncn2)CC1=O. The van der Waals surface area contributed by atoms with Gasteiger partial charge in [-0.3, -0.25) is 4.79 Å². The molecule has 1 saturated carbocycles. The Morgan fingerprint density at radius 1 is 1.27 bits per heavy atom. The van der Waals surface area contributed by atoms with Crippen molar-refractivity contribution in [2.45, 2.75) is 38.5 Å². The van der Waals surface area contributed by atoms with Gasteiger partial charge in [-0.2, -0.15) is 0 Å². The third kappa shape index (κ3) is 5.06. The van der Waals surface area contributed by atoms with Crippen LogP contribution < -0.4 is 10.2 Å². The molecular weight excluding hydrogens is 330 g/mol. The average molecular weight is 361 g/mol. The first kappa shape index (κ1) is 18.9. The first-order valence-electron chi connectivity index (χ1n) is 9.81. The van der Waals surface area contributed by atoms with Gasteiger partial charge in [-0.05, 0) is 18.3 Å². The molecular formula is C19H31N5O2. The highest BCUT2D eigenvalue weighted by molar-refractivity contribution is 5.82. The molecule has 2 aliphatic rings. The highest BCUT2D eigenvalue weighted by atomic mass is 16.3. The number of hydrogen-bond donors (Lipinski definition) is 2. The molecule has 144 valence electrons. The Hall–Kier alpha value is -1.89. The van der Waals surface area contributed by atoms with Crippen LogP contribution in [0.15, 0.2) is 12.4 Å². The van der Waals surface area contributed by atoms with Gasteiger partial charge in [0.1, 0.15) is 18.0 Å². The van der Waals surface area contributed by atoms with Gasteiger partial charge in [-0.1, -0.05) is 32.1 Å². The molecule has 1 aromatic heterocycles. The van der Waals surface area contributed by atoms with Crippen molar-refractivity contribution >= 4 is 17.5 Å². The zero-order valence-corrected chi connectivity index (χ0v) is 15.7. The Kier molecular flexibility index (Phi) is 6.66. The number of rotatable bonds is 7. The predicted octanol–water partition coefficient (Wildman–Crippen LogP) is 1.75. The first-order valence-corrected chi connectivity index (χ1v) is 9.81. The van der Waals surface area contributed by atoms with E-state index in [0.29, 0.717) is 19.6 Å². The molecule has 2 heterocycles. The second-order valence-electron chi connectivity index (χ2n) is 7.67. The molecule has 1 amide bonds. The number of aliphatic hydroxyl groups is 1. The number of hydrogen-bond acceptors (Lipinski definition) is 6. The molecule has 2 fully saturated rings. The summed E-state index contributed by atoms with van der Waals surface area (Å²) in [5, 5.41) is 13.1. The molecule has 26 heavy (non-hydrogen) atoms. The maximum atomic E-state index is 11.9. The van der Waals surface area contributed by atoms with E-state index in [1.54, 1.807) is 4.90 Å². The fourth-order valence-corrected chi connectivity index (χ4v) is 3.94. The minimum atomic E-state index is 0.109. The monoisotopic (exact) mass is 361 g/mol. The number of likely N-dealkylation sites (N-methyl/N-ethyl adjacent to an activating group) is 1. The number of aromatic nitrogens is 2. The lowest BCUT2D eigenvalue weighted by Gasteiger charge is -2.32. The van der Waals surface area contributed by atoms with Crippen molar-refractivity contribution in [1.82, 2.24) is 14.9 Å². The molecule has 1 aromatic rings. The summed E-state index contributed by atoms with van der Waals surface area (Å²) < 4.78 is 0. The highest BCUT2D eigenvalue weighted by Crippen LogP contribution is 2.29. The molecule has 1 unspecified atom stereocenters. The standard InChI is InChI=1S/C19H31N5O2/c1-23-7-8-24(12-19(23)26)18-10-17(21-14-22-18)20-11-16(13-25)9-15-5-3-2-4-6-15/h10,14-16,25H,2-9,11-13H2,1H3,(H,20,21,22). The van der Waals surface area contributed by atoms with E-state index in [1.807, 2.05) is 18.0 Å². The maximum absolute atomic E-state index is 11.9. The van der Waals surface area contributed by atoms with Gasteiger partial charge < -0.3 is 20.2 Å². The molecule has 7 heteroatoms. The van der Waals surface area contributed by atoms with Gasteiger partial charge in [-0.25, -0.2) is 9.97 Å². The van der Waals surface area contributed by atoms with Gasteiger partial charge in [0.25, 0.3) is 0 Å². The summed E-state index contributed by atoms with van der Waals surface area (Å²) >= 11 is 0. The summed E-state index contributed by atoms with van der Waals surface area (Å²) in [7, 11) is 1.83. The zero-order valence-electron chi connectivity index (χ0n) is 15.7. The number of anilines is 2. The average Bonchev–Trinajstić information content (AvgIpc) is 2.68. The predicted molar refractivity (Wildman–Crippen MR) is 102 cm³/mol. The smallest absolute Gasteiger partial charge is 0.241 e. The normalized spacial score (nSPS) is 20.3. The van der Waals surface area contributed by atoms with Crippen molar-refractivity contribution in [3.05, 3.63) is 12.4 Å². The van der Waals surface area contributed by atoms with Gasteiger partial charge in [0.2, 0.25) is 5.91 Å². The quantitative estimate of drug-likeness (QED) is 0.770. The molecule has 0 radical (unpaired) electrons.